The van der Waals surface area contributed by atoms with E-state index in [2.05, 4.69) is 14.6 Å². The summed E-state index contributed by atoms with van der Waals surface area (Å²) < 4.78 is 18.7. The van der Waals surface area contributed by atoms with Crippen LogP contribution in [0.4, 0.5) is 5.82 Å². The molecular weight excluding hydrogens is 449 g/mol. The van der Waals surface area contributed by atoms with E-state index in [4.69, 9.17) is 15.5 Å². The number of nitrogens with zero attached hydrogens (tertiary/aromatic N) is 4. The molecule has 9 nitrogen and oxygen atoms in total. The molecule has 0 saturated heterocycles. The van der Waals surface area contributed by atoms with Crippen molar-refractivity contribution in [3.05, 3.63) is 84.9 Å². The predicted octanol–water partition coefficient (Wildman–Crippen LogP) is 3.08. The van der Waals surface area contributed by atoms with Gasteiger partial charge >= 0.3 is 7.82 Å². The van der Waals surface area contributed by atoms with Gasteiger partial charge in [-0.05, 0) is 35.9 Å². The highest BCUT2D eigenvalue weighted by Gasteiger charge is 2.19. The van der Waals surface area contributed by atoms with E-state index in [9.17, 15) is 4.57 Å². The molecule has 4 rings (SSSR count). The van der Waals surface area contributed by atoms with E-state index in [1.165, 1.54) is 4.57 Å². The van der Waals surface area contributed by atoms with Gasteiger partial charge in [-0.15, -0.1) is 0 Å². The molecule has 4 N–H and O–H groups in total. The lowest BCUT2D eigenvalue weighted by Gasteiger charge is -2.07. The van der Waals surface area contributed by atoms with Crippen LogP contribution in [0.3, 0.4) is 0 Å². The van der Waals surface area contributed by atoms with Crippen molar-refractivity contribution >= 4 is 25.4 Å². The van der Waals surface area contributed by atoms with Crippen LogP contribution in [0, 0.1) is 0 Å². The van der Waals surface area contributed by atoms with Gasteiger partial charge < -0.3 is 9.79 Å². The lowest BCUT2D eigenvalue weighted by molar-refractivity contribution is -0.711. The molecule has 3 heterocycles. The highest BCUT2D eigenvalue weighted by atomic mass is 32.2. The van der Waals surface area contributed by atoms with Gasteiger partial charge in [-0.25, -0.2) is 18.6 Å². The molecule has 0 radical (unpaired) electrons. The van der Waals surface area contributed by atoms with Crippen LogP contribution in [-0.4, -0.2) is 24.6 Å². The van der Waals surface area contributed by atoms with Crippen molar-refractivity contribution in [3.8, 4) is 11.1 Å². The zero-order valence-electron chi connectivity index (χ0n) is 16.9. The van der Waals surface area contributed by atoms with Crippen LogP contribution < -0.4 is 10.3 Å². The number of nitrogen functional groups attached to an aromatic ring is 1. The summed E-state index contributed by atoms with van der Waals surface area (Å²) in [5.41, 5.74) is 8.63. The van der Waals surface area contributed by atoms with Crippen molar-refractivity contribution in [2.45, 2.75) is 23.2 Å². The maximum absolute atomic E-state index is 11.0. The first kappa shape index (κ1) is 22.2. The van der Waals surface area contributed by atoms with Gasteiger partial charge in [0.15, 0.2) is 0 Å². The summed E-state index contributed by atoms with van der Waals surface area (Å²) in [6, 6.07) is 17.6. The molecule has 0 amide bonds. The Kier molecular flexibility index (Phi) is 6.69. The first-order valence-electron chi connectivity index (χ1n) is 9.56. The molecule has 4 aromatic rings. The predicted molar refractivity (Wildman–Crippen MR) is 119 cm³/mol. The summed E-state index contributed by atoms with van der Waals surface area (Å²) in [4.78, 5) is 23.5. The second-order valence-electron chi connectivity index (χ2n) is 6.87. The van der Waals surface area contributed by atoms with Crippen molar-refractivity contribution in [2.75, 3.05) is 5.73 Å². The zero-order valence-corrected chi connectivity index (χ0v) is 18.6. The standard InChI is InChI=1S/C21H20N5O4PS/c22-21-19(7-4-10-25(21)15-30-31(27,28)29)17-12-24-26(14-17)13-16-8-9-20(23-11-16)32-18-5-2-1-3-6-18/h1-12,14,22H,13,15H2,(H2,27,28,29)/p+1. The largest absolute Gasteiger partial charge is 0.472 e. The molecule has 0 unspecified atom stereocenters. The van der Waals surface area contributed by atoms with Crippen LogP contribution in [0.15, 0.2) is 89.3 Å². The molecule has 0 aliphatic rings. The second kappa shape index (κ2) is 9.64. The number of hydrogen-bond donors (Lipinski definition) is 3. The van der Waals surface area contributed by atoms with Crippen molar-refractivity contribution in [3.63, 3.8) is 0 Å². The van der Waals surface area contributed by atoms with Crippen LogP contribution in [0.1, 0.15) is 5.56 Å². The van der Waals surface area contributed by atoms with Gasteiger partial charge in [0.25, 0.3) is 5.82 Å². The first-order valence-corrected chi connectivity index (χ1v) is 11.9. The number of benzene rings is 1. The summed E-state index contributed by atoms with van der Waals surface area (Å²) >= 11 is 1.60. The van der Waals surface area contributed by atoms with E-state index in [-0.39, 0.29) is 6.73 Å². The van der Waals surface area contributed by atoms with Crippen LogP contribution in [0.5, 0.6) is 0 Å². The quantitative estimate of drug-likeness (QED) is 0.265. The number of phosphoric acid groups is 1. The Morgan fingerprint density at radius 3 is 2.62 bits per heavy atom. The minimum absolute atomic E-state index is 0.310. The smallest absolute Gasteiger partial charge is 0.303 e. The molecule has 0 fully saturated rings. The third-order valence-corrected chi connectivity index (χ3v) is 5.94. The van der Waals surface area contributed by atoms with E-state index < -0.39 is 7.82 Å². The normalized spacial score (nSPS) is 11.6. The molecule has 32 heavy (non-hydrogen) atoms. The Hall–Kier alpha value is -3.01. The van der Waals surface area contributed by atoms with E-state index in [0.717, 1.165) is 21.0 Å². The van der Waals surface area contributed by atoms with Gasteiger partial charge in [0.2, 0.25) is 6.73 Å². The van der Waals surface area contributed by atoms with Gasteiger partial charge in [0, 0.05) is 22.9 Å². The molecule has 0 atom stereocenters. The molecule has 11 heteroatoms. The fourth-order valence-electron chi connectivity index (χ4n) is 3.01. The van der Waals surface area contributed by atoms with Gasteiger partial charge in [0.05, 0.1) is 24.5 Å². The van der Waals surface area contributed by atoms with Gasteiger partial charge in [-0.2, -0.15) is 5.10 Å². The maximum atomic E-state index is 11.0. The van der Waals surface area contributed by atoms with Crippen LogP contribution in [0.2, 0.25) is 0 Å². The molecule has 0 aliphatic carbocycles. The number of nitrogens with two attached hydrogens (primary N) is 1. The maximum Gasteiger partial charge on any atom is 0.472 e. The molecule has 0 saturated carbocycles. The minimum Gasteiger partial charge on any atom is -0.303 e. The highest BCUT2D eigenvalue weighted by Crippen LogP contribution is 2.35. The van der Waals surface area contributed by atoms with Gasteiger partial charge in [0.1, 0.15) is 5.03 Å². The Bertz CT molecular complexity index is 1240. The summed E-state index contributed by atoms with van der Waals surface area (Å²) in [5.74, 6) is 0.310. The Balaban J connectivity index is 1.45. The van der Waals surface area contributed by atoms with E-state index in [1.54, 1.807) is 34.9 Å². The van der Waals surface area contributed by atoms with Crippen LogP contribution >= 0.6 is 19.6 Å². The SMILES string of the molecule is Nc1c(-c2cnn(Cc3ccc(Sc4ccccc4)nc3)c2)ccc[n+]1COP(=O)(O)O. The average molecular weight is 470 g/mol. The number of rotatable bonds is 8. The fraction of sp³-hybridized carbons (Fsp3) is 0.0952. The van der Waals surface area contributed by atoms with E-state index in [1.807, 2.05) is 60.9 Å². The Labute approximate surface area is 188 Å². The summed E-state index contributed by atoms with van der Waals surface area (Å²) in [5, 5.41) is 5.31. The van der Waals surface area contributed by atoms with E-state index in [0.29, 0.717) is 17.9 Å². The first-order chi connectivity index (χ1) is 15.4. The van der Waals surface area contributed by atoms with E-state index >= 15 is 0 Å². The zero-order chi connectivity index (χ0) is 22.6. The number of phosphoric ester groups is 1. The lowest BCUT2D eigenvalue weighted by atomic mass is 10.1. The van der Waals surface area contributed by atoms with Crippen molar-refractivity contribution in [1.82, 2.24) is 14.8 Å². The summed E-state index contributed by atoms with van der Waals surface area (Å²) in [7, 11) is -4.60. The van der Waals surface area contributed by atoms with Crippen LogP contribution in [0.25, 0.3) is 11.1 Å². The molecule has 0 spiro atoms. The molecule has 0 aliphatic heterocycles. The molecule has 0 bridgehead atoms. The van der Waals surface area contributed by atoms with Crippen LogP contribution in [-0.2, 0) is 22.4 Å². The second-order valence-corrected chi connectivity index (χ2v) is 9.21. The molecular formula is C21H21N5O4PS+. The monoisotopic (exact) mass is 470 g/mol. The van der Waals surface area contributed by atoms with Crippen molar-refractivity contribution < 1.29 is 23.4 Å². The number of aromatic nitrogens is 4. The minimum atomic E-state index is -4.60. The highest BCUT2D eigenvalue weighted by molar-refractivity contribution is 7.99. The molecule has 3 aromatic heterocycles. The topological polar surface area (TPSA) is 127 Å². The third kappa shape index (κ3) is 5.82. The molecule has 1 aromatic carbocycles. The lowest BCUT2D eigenvalue weighted by Crippen LogP contribution is -2.38. The van der Waals surface area contributed by atoms with Crippen molar-refractivity contribution in [2.24, 2.45) is 0 Å². The summed E-state index contributed by atoms with van der Waals surface area (Å²) in [6.07, 6.45) is 6.95. The molecule has 164 valence electrons. The van der Waals surface area contributed by atoms with Crippen molar-refractivity contribution in [1.29, 1.82) is 0 Å². The Morgan fingerprint density at radius 2 is 1.91 bits per heavy atom. The Morgan fingerprint density at radius 1 is 1.09 bits per heavy atom. The summed E-state index contributed by atoms with van der Waals surface area (Å²) in [6.45, 7) is 0.175. The van der Waals surface area contributed by atoms with Gasteiger partial charge in [-0.3, -0.25) is 10.4 Å². The number of hydrogen-bond acceptors (Lipinski definition) is 6. The van der Waals surface area contributed by atoms with Gasteiger partial charge in [-0.1, -0.05) is 36.0 Å². The third-order valence-electron chi connectivity index (χ3n) is 4.53. The average Bonchev–Trinajstić information content (AvgIpc) is 3.23. The fourth-order valence-corrected chi connectivity index (χ4v) is 4.06. The number of anilines is 1. The number of pyridine rings is 2.